The molecule has 1 aliphatic heterocycles. The van der Waals surface area contributed by atoms with Crippen molar-refractivity contribution in [1.82, 2.24) is 19.2 Å². The summed E-state index contributed by atoms with van der Waals surface area (Å²) in [7, 11) is -3.61. The van der Waals surface area contributed by atoms with E-state index in [1.807, 2.05) is 18.2 Å². The van der Waals surface area contributed by atoms with E-state index in [1.54, 1.807) is 6.07 Å². The molecule has 2 aromatic rings. The highest BCUT2D eigenvalue weighted by Crippen LogP contribution is 2.22. The summed E-state index contributed by atoms with van der Waals surface area (Å²) in [6, 6.07) is 7.27. The van der Waals surface area contributed by atoms with E-state index in [4.69, 9.17) is 11.6 Å². The second kappa shape index (κ2) is 8.41. The molecule has 1 N–H and O–H groups in total. The number of sulfonamides is 1. The summed E-state index contributed by atoms with van der Waals surface area (Å²) in [5, 5.41) is 3.34. The summed E-state index contributed by atoms with van der Waals surface area (Å²) in [5.74, 6) is 0.291. The van der Waals surface area contributed by atoms with Crippen LogP contribution in [-0.4, -0.2) is 41.3 Å². The van der Waals surface area contributed by atoms with E-state index in [-0.39, 0.29) is 17.5 Å². The number of rotatable bonds is 6. The standard InChI is InChI=1S/C18H23ClN4O3S/c1-14-6-8-23(9-7-14)27(25,26)18-12-22(13-21-18)11-17(24)20-10-15-4-2-3-5-16(15)19/h2-5,12-14H,6-11H2,1H3,(H,20,24). The zero-order chi connectivity index (χ0) is 19.4. The lowest BCUT2D eigenvalue weighted by atomic mass is 10.0. The molecule has 0 radical (unpaired) electrons. The molecule has 1 fully saturated rings. The highest BCUT2D eigenvalue weighted by Gasteiger charge is 2.29. The Labute approximate surface area is 164 Å². The largest absolute Gasteiger partial charge is 0.350 e. The van der Waals surface area contributed by atoms with Crippen LogP contribution in [0.3, 0.4) is 0 Å². The number of piperidine rings is 1. The van der Waals surface area contributed by atoms with Gasteiger partial charge in [0.15, 0.2) is 5.03 Å². The van der Waals surface area contributed by atoms with E-state index in [1.165, 1.54) is 21.4 Å². The van der Waals surface area contributed by atoms with Crippen molar-refractivity contribution in [2.75, 3.05) is 13.1 Å². The number of halogens is 1. The molecule has 7 nitrogen and oxygen atoms in total. The van der Waals surface area contributed by atoms with Crippen LogP contribution >= 0.6 is 11.6 Å². The third-order valence-corrected chi connectivity index (χ3v) is 6.87. The van der Waals surface area contributed by atoms with Crippen LogP contribution in [-0.2, 0) is 27.9 Å². The smallest absolute Gasteiger partial charge is 0.262 e. The van der Waals surface area contributed by atoms with E-state index < -0.39 is 10.0 Å². The molecule has 1 aromatic carbocycles. The number of benzene rings is 1. The van der Waals surface area contributed by atoms with Gasteiger partial charge in [-0.25, -0.2) is 13.4 Å². The van der Waals surface area contributed by atoms with Crippen LogP contribution in [0.25, 0.3) is 0 Å². The predicted molar refractivity (Wildman–Crippen MR) is 103 cm³/mol. The number of aromatic nitrogens is 2. The van der Waals surface area contributed by atoms with Gasteiger partial charge in [-0.05, 0) is 30.4 Å². The maximum atomic E-state index is 12.7. The average molecular weight is 411 g/mol. The summed E-state index contributed by atoms with van der Waals surface area (Å²) < 4.78 is 28.3. The molecule has 0 unspecified atom stereocenters. The van der Waals surface area contributed by atoms with Crippen molar-refractivity contribution in [3.05, 3.63) is 47.4 Å². The molecule has 0 bridgehead atoms. The van der Waals surface area contributed by atoms with Gasteiger partial charge in [-0.1, -0.05) is 36.7 Å². The second-order valence-corrected chi connectivity index (χ2v) is 9.13. The molecule has 1 aliphatic rings. The normalized spacial score (nSPS) is 16.4. The number of hydrogen-bond acceptors (Lipinski definition) is 4. The Balaban J connectivity index is 1.59. The van der Waals surface area contributed by atoms with Gasteiger partial charge >= 0.3 is 0 Å². The van der Waals surface area contributed by atoms with Crippen LogP contribution in [0.1, 0.15) is 25.3 Å². The Kier molecular flexibility index (Phi) is 6.18. The minimum atomic E-state index is -3.61. The fourth-order valence-electron chi connectivity index (χ4n) is 2.97. The van der Waals surface area contributed by atoms with Crippen LogP contribution in [0.15, 0.2) is 41.8 Å². The molecule has 146 valence electrons. The number of imidazole rings is 1. The maximum absolute atomic E-state index is 12.7. The molecular weight excluding hydrogens is 388 g/mol. The molecule has 1 amide bonds. The summed E-state index contributed by atoms with van der Waals surface area (Å²) in [4.78, 5) is 16.1. The third-order valence-electron chi connectivity index (χ3n) is 4.72. The Morgan fingerprint density at radius 1 is 1.30 bits per heavy atom. The molecule has 0 aliphatic carbocycles. The van der Waals surface area contributed by atoms with Gasteiger partial charge in [0.2, 0.25) is 5.91 Å². The minimum absolute atomic E-state index is 0.00991. The van der Waals surface area contributed by atoms with Crippen LogP contribution < -0.4 is 5.32 Å². The molecule has 1 aromatic heterocycles. The van der Waals surface area contributed by atoms with E-state index in [0.717, 1.165) is 18.4 Å². The van der Waals surface area contributed by atoms with E-state index in [9.17, 15) is 13.2 Å². The Morgan fingerprint density at radius 2 is 2.00 bits per heavy atom. The second-order valence-electron chi connectivity index (χ2n) is 6.84. The number of carbonyl (C=O) groups excluding carboxylic acids is 1. The summed E-state index contributed by atoms with van der Waals surface area (Å²) >= 11 is 6.07. The SMILES string of the molecule is CC1CCN(S(=O)(=O)c2cn(CC(=O)NCc3ccccc3Cl)cn2)CC1. The van der Waals surface area contributed by atoms with E-state index in [2.05, 4.69) is 17.2 Å². The number of carbonyl (C=O) groups is 1. The van der Waals surface area contributed by atoms with E-state index in [0.29, 0.717) is 30.6 Å². The lowest BCUT2D eigenvalue weighted by Gasteiger charge is -2.28. The Morgan fingerprint density at radius 3 is 2.70 bits per heavy atom. The van der Waals surface area contributed by atoms with Crippen molar-refractivity contribution in [2.45, 2.75) is 37.9 Å². The van der Waals surface area contributed by atoms with Gasteiger partial charge in [0, 0.05) is 30.9 Å². The van der Waals surface area contributed by atoms with Crippen molar-refractivity contribution in [3.63, 3.8) is 0 Å². The monoisotopic (exact) mass is 410 g/mol. The maximum Gasteiger partial charge on any atom is 0.262 e. The number of nitrogens with one attached hydrogen (secondary N) is 1. The topological polar surface area (TPSA) is 84.3 Å². The molecule has 9 heteroatoms. The van der Waals surface area contributed by atoms with Gasteiger partial charge in [0.1, 0.15) is 6.54 Å². The fourth-order valence-corrected chi connectivity index (χ4v) is 4.58. The van der Waals surface area contributed by atoms with Crippen LogP contribution in [0.2, 0.25) is 5.02 Å². The lowest BCUT2D eigenvalue weighted by molar-refractivity contribution is -0.121. The minimum Gasteiger partial charge on any atom is -0.350 e. The predicted octanol–water partition coefficient (Wildman–Crippen LogP) is 2.27. The first-order chi connectivity index (χ1) is 12.9. The zero-order valence-electron chi connectivity index (χ0n) is 15.1. The van der Waals surface area contributed by atoms with Gasteiger partial charge in [0.25, 0.3) is 10.0 Å². The first kappa shape index (κ1) is 19.9. The Bertz CT molecular complexity index is 905. The molecule has 2 heterocycles. The molecule has 27 heavy (non-hydrogen) atoms. The van der Waals surface area contributed by atoms with Crippen molar-refractivity contribution in [1.29, 1.82) is 0 Å². The Hall–Kier alpha value is -1.90. The number of amides is 1. The van der Waals surface area contributed by atoms with Gasteiger partial charge in [-0.2, -0.15) is 4.31 Å². The first-order valence-corrected chi connectivity index (χ1v) is 10.7. The number of hydrogen-bond donors (Lipinski definition) is 1. The van der Waals surface area contributed by atoms with Gasteiger partial charge in [-0.15, -0.1) is 0 Å². The fraction of sp³-hybridized carbons (Fsp3) is 0.444. The first-order valence-electron chi connectivity index (χ1n) is 8.88. The highest BCUT2D eigenvalue weighted by molar-refractivity contribution is 7.89. The van der Waals surface area contributed by atoms with Gasteiger partial charge < -0.3 is 9.88 Å². The highest BCUT2D eigenvalue weighted by atomic mass is 35.5. The van der Waals surface area contributed by atoms with Crippen LogP contribution in [0, 0.1) is 5.92 Å². The summed E-state index contributed by atoms with van der Waals surface area (Å²) in [6.07, 6.45) is 4.48. The summed E-state index contributed by atoms with van der Waals surface area (Å²) in [6.45, 7) is 3.44. The molecular formula is C18H23ClN4O3S. The molecule has 3 rings (SSSR count). The zero-order valence-corrected chi connectivity index (χ0v) is 16.7. The van der Waals surface area contributed by atoms with Crippen LogP contribution in [0.4, 0.5) is 0 Å². The van der Waals surface area contributed by atoms with Crippen molar-refractivity contribution in [2.24, 2.45) is 5.92 Å². The number of nitrogens with zero attached hydrogens (tertiary/aromatic N) is 3. The molecule has 1 saturated heterocycles. The average Bonchev–Trinajstić information content (AvgIpc) is 3.11. The molecule has 0 atom stereocenters. The summed E-state index contributed by atoms with van der Waals surface area (Å²) in [5.41, 5.74) is 0.820. The van der Waals surface area contributed by atoms with Crippen molar-refractivity contribution < 1.29 is 13.2 Å². The van der Waals surface area contributed by atoms with Gasteiger partial charge in [0.05, 0.1) is 6.33 Å². The molecule has 0 saturated carbocycles. The van der Waals surface area contributed by atoms with Crippen LogP contribution in [0.5, 0.6) is 0 Å². The van der Waals surface area contributed by atoms with Crippen molar-refractivity contribution in [3.8, 4) is 0 Å². The quantitative estimate of drug-likeness (QED) is 0.791. The van der Waals surface area contributed by atoms with Gasteiger partial charge in [-0.3, -0.25) is 4.79 Å². The lowest BCUT2D eigenvalue weighted by Crippen LogP contribution is -2.38. The van der Waals surface area contributed by atoms with Crippen molar-refractivity contribution >= 4 is 27.5 Å². The third kappa shape index (κ3) is 4.88. The van der Waals surface area contributed by atoms with E-state index >= 15 is 0 Å². The molecule has 0 spiro atoms.